The van der Waals surface area contributed by atoms with Gasteiger partial charge in [-0.3, -0.25) is 48.3 Å². The fourth-order valence-corrected chi connectivity index (χ4v) is 7.27. The lowest BCUT2D eigenvalue weighted by Gasteiger charge is -2.33. The quantitative estimate of drug-likeness (QED) is 0.0361. The molecule has 1 unspecified atom stereocenters. The van der Waals surface area contributed by atoms with Crippen molar-refractivity contribution in [3.8, 4) is 0 Å². The minimum Gasteiger partial charge on any atom is -0.481 e. The first-order chi connectivity index (χ1) is 30.4. The maximum atomic E-state index is 14.0. The normalized spacial score (nSPS) is 16.3. The number of aliphatic carboxylic acids is 1. The summed E-state index contributed by atoms with van der Waals surface area (Å²) in [6, 6.07) is 9.36. The number of likely N-dealkylation sites (tertiary alicyclic amines) is 1. The van der Waals surface area contributed by atoms with Gasteiger partial charge in [0.2, 0.25) is 35.4 Å². The number of pyridine rings is 1. The molecule has 0 radical (unpaired) electrons. The van der Waals surface area contributed by atoms with E-state index in [9.17, 15) is 43.5 Å². The summed E-state index contributed by atoms with van der Waals surface area (Å²) in [6.07, 6.45) is 1.98. The molecule has 1 fully saturated rings. The molecule has 2 heterocycles. The number of carbonyl (C=O) groups excluding carboxylic acids is 7. The number of fused-ring (bicyclic) bond motifs is 1. The van der Waals surface area contributed by atoms with E-state index < -0.39 is 84.0 Å². The zero-order valence-electron chi connectivity index (χ0n) is 36.5. The summed E-state index contributed by atoms with van der Waals surface area (Å²) in [7, 11) is 0. The zero-order chi connectivity index (χ0) is 47.1. The molecule has 20 heteroatoms. The van der Waals surface area contributed by atoms with Crippen molar-refractivity contribution in [3.05, 3.63) is 71.9 Å². The van der Waals surface area contributed by atoms with Gasteiger partial charge in [-0.15, -0.1) is 0 Å². The highest BCUT2D eigenvalue weighted by Crippen LogP contribution is 2.23. The van der Waals surface area contributed by atoms with Gasteiger partial charge in [0.15, 0.2) is 5.96 Å². The molecule has 2 aromatic carbocycles. The van der Waals surface area contributed by atoms with Crippen molar-refractivity contribution in [2.45, 2.75) is 103 Å². The number of primary amides is 1. The number of hydrogen-bond acceptors (Lipinski definition) is 10. The minimum atomic E-state index is -1.68. The van der Waals surface area contributed by atoms with Crippen molar-refractivity contribution in [1.29, 1.82) is 0 Å². The Morgan fingerprint density at radius 3 is 2.19 bits per heavy atom. The summed E-state index contributed by atoms with van der Waals surface area (Å²) >= 11 is 0. The average Bonchev–Trinajstić information content (AvgIpc) is 3.60. The summed E-state index contributed by atoms with van der Waals surface area (Å²) < 4.78 is 0. The third kappa shape index (κ3) is 13.9. The van der Waals surface area contributed by atoms with E-state index in [4.69, 9.17) is 17.2 Å². The highest BCUT2D eigenvalue weighted by molar-refractivity contribution is 6.06. The highest BCUT2D eigenvalue weighted by Gasteiger charge is 2.43. The number of nitrogens with one attached hydrogen (secondary N) is 5. The molecule has 12 N–H and O–H groups in total. The van der Waals surface area contributed by atoms with Gasteiger partial charge in [-0.25, -0.2) is 0 Å². The van der Waals surface area contributed by atoms with Crippen LogP contribution >= 0.6 is 0 Å². The molecule has 4 rings (SSSR count). The Morgan fingerprint density at radius 2 is 1.55 bits per heavy atom. The van der Waals surface area contributed by atoms with E-state index in [0.29, 0.717) is 29.7 Å². The molecule has 1 aromatic heterocycles. The Morgan fingerprint density at radius 1 is 0.875 bits per heavy atom. The summed E-state index contributed by atoms with van der Waals surface area (Å²) in [5.41, 5.74) is 18.7. The van der Waals surface area contributed by atoms with E-state index in [-0.39, 0.29) is 56.6 Å². The number of aromatic nitrogens is 1. The highest BCUT2D eigenvalue weighted by atomic mass is 16.4. The molecule has 64 heavy (non-hydrogen) atoms. The Balaban J connectivity index is 1.40. The van der Waals surface area contributed by atoms with Crippen LogP contribution in [0.4, 0.5) is 5.69 Å². The molecule has 1 aliphatic rings. The van der Waals surface area contributed by atoms with Crippen LogP contribution in [0.5, 0.6) is 0 Å². The number of amides is 7. The molecule has 344 valence electrons. The van der Waals surface area contributed by atoms with Crippen LogP contribution in [0, 0.1) is 11.8 Å². The average molecular weight is 886 g/mol. The topological polar surface area (TPSA) is 323 Å². The van der Waals surface area contributed by atoms with Crippen molar-refractivity contribution in [1.82, 2.24) is 31.2 Å². The Hall–Kier alpha value is -7.12. The first-order valence-electron chi connectivity index (χ1n) is 21.2. The predicted molar refractivity (Wildman–Crippen MR) is 238 cm³/mol. The van der Waals surface area contributed by atoms with Crippen molar-refractivity contribution in [3.63, 3.8) is 0 Å². The largest absolute Gasteiger partial charge is 0.481 e. The summed E-state index contributed by atoms with van der Waals surface area (Å²) in [4.78, 5) is 115. The Labute approximate surface area is 370 Å². The lowest BCUT2D eigenvalue weighted by molar-refractivity contribution is -0.144. The number of hydrogen-bond donors (Lipinski definition) is 9. The monoisotopic (exact) mass is 885 g/mol. The van der Waals surface area contributed by atoms with Gasteiger partial charge in [-0.1, -0.05) is 58.7 Å². The van der Waals surface area contributed by atoms with E-state index in [1.165, 1.54) is 4.90 Å². The van der Waals surface area contributed by atoms with Gasteiger partial charge in [0.05, 0.1) is 18.4 Å². The van der Waals surface area contributed by atoms with E-state index in [1.807, 2.05) is 6.07 Å². The molecule has 0 bridgehead atoms. The number of anilines is 1. The van der Waals surface area contributed by atoms with Crippen molar-refractivity contribution < 1.29 is 43.5 Å². The molecule has 1 aliphatic heterocycles. The number of carbonyl (C=O) groups is 8. The zero-order valence-corrected chi connectivity index (χ0v) is 36.5. The Kier molecular flexibility index (Phi) is 18.1. The van der Waals surface area contributed by atoms with E-state index >= 15 is 0 Å². The second-order valence-electron chi connectivity index (χ2n) is 16.0. The molecular formula is C44H59N11O9. The molecule has 7 atom stereocenters. The number of nitrogens with two attached hydrogens (primary N) is 3. The first-order valence-corrected chi connectivity index (χ1v) is 21.2. The Bertz CT molecular complexity index is 2210. The summed E-state index contributed by atoms with van der Waals surface area (Å²) in [6.45, 7) is 7.22. The number of nitrogens with zero attached hydrogens (tertiary/aromatic N) is 3. The predicted octanol–water partition coefficient (Wildman–Crippen LogP) is 0.676. The summed E-state index contributed by atoms with van der Waals surface area (Å²) in [5, 5.41) is 23.7. The van der Waals surface area contributed by atoms with Gasteiger partial charge < -0.3 is 53.8 Å². The van der Waals surface area contributed by atoms with Crippen LogP contribution in [-0.2, 0) is 40.0 Å². The van der Waals surface area contributed by atoms with Gasteiger partial charge >= 0.3 is 5.97 Å². The van der Waals surface area contributed by atoms with Gasteiger partial charge in [0.1, 0.15) is 30.2 Å². The lowest BCUT2D eigenvalue weighted by Crippen LogP contribution is -2.60. The fraction of sp³-hybridized carbons (Fsp3) is 0.455. The number of rotatable bonds is 23. The molecule has 20 nitrogen and oxygen atoms in total. The third-order valence-corrected chi connectivity index (χ3v) is 11.2. The molecule has 1 saturated heterocycles. The minimum absolute atomic E-state index is 0.0341. The van der Waals surface area contributed by atoms with Gasteiger partial charge in [0.25, 0.3) is 5.91 Å². The van der Waals surface area contributed by atoms with Crippen LogP contribution in [0.25, 0.3) is 10.9 Å². The molecule has 0 spiro atoms. The maximum Gasteiger partial charge on any atom is 0.305 e. The van der Waals surface area contributed by atoms with Crippen molar-refractivity contribution in [2.24, 2.45) is 34.0 Å². The first kappa shape index (κ1) is 49.5. The number of benzene rings is 2. The SMILES string of the molecule is CC[C@H](C)[C@H](NC(=O)[C@@H](CCCN=C(N)N)NC(=O)[C@H](CC(=O)O)NC(=O)[C@H]([C@@H](C)CC)N1CCC(NC(=O)Cc2ccc(NC(=O)c3ccc4ncccc4c3)cc2)C1=O)C(N)=O. The van der Waals surface area contributed by atoms with E-state index in [1.54, 1.807) is 82.4 Å². The fourth-order valence-electron chi connectivity index (χ4n) is 7.27. The lowest BCUT2D eigenvalue weighted by atomic mass is 9.96. The number of carboxylic acid groups (broad SMARTS) is 1. The second kappa shape index (κ2) is 23.4. The number of carboxylic acids is 1. The maximum absolute atomic E-state index is 14.0. The van der Waals surface area contributed by atoms with Gasteiger partial charge in [-0.05, 0) is 73.1 Å². The number of aliphatic imine (C=N–C) groups is 1. The van der Waals surface area contributed by atoms with E-state index in [0.717, 1.165) is 10.9 Å². The smallest absolute Gasteiger partial charge is 0.305 e. The van der Waals surface area contributed by atoms with Crippen LogP contribution < -0.4 is 43.8 Å². The van der Waals surface area contributed by atoms with Crippen LogP contribution in [0.1, 0.15) is 82.1 Å². The summed E-state index contributed by atoms with van der Waals surface area (Å²) in [5.74, 6) is -7.10. The van der Waals surface area contributed by atoms with Crippen LogP contribution in [0.15, 0.2) is 65.8 Å². The van der Waals surface area contributed by atoms with E-state index in [2.05, 4.69) is 36.6 Å². The molecule has 7 amide bonds. The van der Waals surface area contributed by atoms with Crippen LogP contribution in [0.2, 0.25) is 0 Å². The van der Waals surface area contributed by atoms with Gasteiger partial charge in [0, 0.05) is 35.9 Å². The molecular weight excluding hydrogens is 827 g/mol. The second-order valence-corrected chi connectivity index (χ2v) is 16.0. The van der Waals surface area contributed by atoms with Crippen LogP contribution in [0.3, 0.4) is 0 Å². The molecule has 3 aromatic rings. The van der Waals surface area contributed by atoms with Crippen molar-refractivity contribution in [2.75, 3.05) is 18.4 Å². The standard InChI is InChI=1S/C44H59N11O9/c1-5-24(3)36(38(45)59)54-40(61)31(10-8-19-49-44(46)47)52-41(62)33(23-35(57)58)53-42(63)37(25(4)6-2)55-20-17-32(43(55)64)51-34(56)21-26-11-14-29(15-12-26)50-39(60)28-13-16-30-27(22-28)9-7-18-48-30/h7,9,11-16,18,22,24-25,31-33,36-37H,5-6,8,10,17,19-21,23H2,1-4H3,(H2,45,59)(H,50,60)(H,51,56)(H,52,62)(H,53,63)(H,54,61)(H,57,58)(H4,46,47,49)/t24-,25-,31+,32?,33-,36-,37-/m0/s1. The van der Waals surface area contributed by atoms with Gasteiger partial charge in [-0.2, -0.15) is 0 Å². The molecule has 0 aliphatic carbocycles. The van der Waals surface area contributed by atoms with Crippen molar-refractivity contribution >= 4 is 69.9 Å². The molecule has 0 saturated carbocycles. The number of guanidine groups is 1. The third-order valence-electron chi connectivity index (χ3n) is 11.2. The van der Waals surface area contributed by atoms with Crippen LogP contribution in [-0.4, -0.2) is 112 Å².